The Labute approximate surface area is 145 Å². The van der Waals surface area contributed by atoms with Gasteiger partial charge in [0.1, 0.15) is 0 Å². The molecular weight excluding hydrogens is 326 g/mol. The summed E-state index contributed by atoms with van der Waals surface area (Å²) in [5.74, 6) is 0.456. The van der Waals surface area contributed by atoms with Crippen LogP contribution in [-0.2, 0) is 17.9 Å². The van der Waals surface area contributed by atoms with Crippen LogP contribution in [0.2, 0.25) is 5.02 Å². The van der Waals surface area contributed by atoms with Crippen molar-refractivity contribution < 1.29 is 4.79 Å². The number of anilines is 1. The van der Waals surface area contributed by atoms with Crippen LogP contribution in [0.15, 0.2) is 48.8 Å². The molecule has 0 bridgehead atoms. The van der Waals surface area contributed by atoms with Crippen LogP contribution in [-0.4, -0.2) is 25.5 Å². The van der Waals surface area contributed by atoms with Gasteiger partial charge in [-0.05, 0) is 30.7 Å². The van der Waals surface area contributed by atoms with Crippen molar-refractivity contribution >= 4 is 23.3 Å². The maximum Gasteiger partial charge on any atom is 0.227 e. The molecule has 3 rings (SSSR count). The molecule has 24 heavy (non-hydrogen) atoms. The summed E-state index contributed by atoms with van der Waals surface area (Å²) in [4.78, 5) is 12.0. The number of amides is 1. The summed E-state index contributed by atoms with van der Waals surface area (Å²) in [6.45, 7) is 3.11. The smallest absolute Gasteiger partial charge is 0.227 e. The highest BCUT2D eigenvalue weighted by atomic mass is 35.5. The van der Waals surface area contributed by atoms with Crippen LogP contribution in [0.3, 0.4) is 0 Å². The van der Waals surface area contributed by atoms with Crippen LogP contribution in [0.1, 0.15) is 17.7 Å². The Morgan fingerprint density at radius 1 is 1.29 bits per heavy atom. The average Bonchev–Trinajstić information content (AvgIpc) is 3.14. The predicted octanol–water partition coefficient (Wildman–Crippen LogP) is 3.12. The third-order valence-corrected chi connectivity index (χ3v) is 3.86. The monoisotopic (exact) mass is 343 g/mol. The highest BCUT2D eigenvalue weighted by Gasteiger charge is 2.07. The van der Waals surface area contributed by atoms with E-state index in [-0.39, 0.29) is 5.91 Å². The van der Waals surface area contributed by atoms with Crippen LogP contribution in [0.5, 0.6) is 0 Å². The lowest BCUT2D eigenvalue weighted by Gasteiger charge is -2.05. The number of hydrogen-bond acceptors (Lipinski definition) is 3. The van der Waals surface area contributed by atoms with Gasteiger partial charge < -0.3 is 5.32 Å². The highest BCUT2D eigenvalue weighted by Crippen LogP contribution is 2.12. The molecule has 3 aromatic rings. The van der Waals surface area contributed by atoms with Gasteiger partial charge in [-0.2, -0.15) is 10.2 Å². The molecule has 124 valence electrons. The number of benzene rings is 1. The summed E-state index contributed by atoms with van der Waals surface area (Å²) < 4.78 is 3.57. The predicted molar refractivity (Wildman–Crippen MR) is 93.0 cm³/mol. The van der Waals surface area contributed by atoms with Crippen molar-refractivity contribution in [2.24, 2.45) is 0 Å². The van der Waals surface area contributed by atoms with Crippen LogP contribution < -0.4 is 5.32 Å². The Balaban J connectivity index is 1.53. The number of rotatable bonds is 6. The van der Waals surface area contributed by atoms with Gasteiger partial charge in [-0.3, -0.25) is 14.2 Å². The maximum atomic E-state index is 12.0. The fourth-order valence-corrected chi connectivity index (χ4v) is 2.60. The number of nitrogens with zero attached hydrogens (tertiary/aromatic N) is 4. The van der Waals surface area contributed by atoms with Gasteiger partial charge in [-0.15, -0.1) is 0 Å². The lowest BCUT2D eigenvalue weighted by Crippen LogP contribution is -2.16. The van der Waals surface area contributed by atoms with Crippen LogP contribution in [0, 0.1) is 6.92 Å². The Hall–Kier alpha value is -2.60. The zero-order chi connectivity index (χ0) is 16.9. The highest BCUT2D eigenvalue weighted by molar-refractivity contribution is 6.30. The van der Waals surface area contributed by atoms with Crippen LogP contribution in [0.4, 0.5) is 5.82 Å². The maximum absolute atomic E-state index is 12.0. The molecule has 1 N–H and O–H groups in total. The van der Waals surface area contributed by atoms with Crippen molar-refractivity contribution in [2.75, 3.05) is 5.32 Å². The van der Waals surface area contributed by atoms with Gasteiger partial charge in [0.25, 0.3) is 0 Å². The second kappa shape index (κ2) is 7.31. The third-order valence-electron chi connectivity index (χ3n) is 3.62. The minimum atomic E-state index is -0.0853. The molecule has 0 radical (unpaired) electrons. The van der Waals surface area contributed by atoms with E-state index in [1.165, 1.54) is 0 Å². The zero-order valence-electron chi connectivity index (χ0n) is 13.3. The minimum absolute atomic E-state index is 0.0853. The van der Waals surface area contributed by atoms with Crippen molar-refractivity contribution in [1.29, 1.82) is 0 Å². The normalized spacial score (nSPS) is 10.8. The summed E-state index contributed by atoms with van der Waals surface area (Å²) in [5, 5.41) is 12.0. The number of aromatic nitrogens is 4. The van der Waals surface area contributed by atoms with E-state index in [0.717, 1.165) is 11.3 Å². The molecule has 0 aliphatic heterocycles. The molecule has 0 aliphatic rings. The van der Waals surface area contributed by atoms with Gasteiger partial charge >= 0.3 is 0 Å². The first-order valence-corrected chi connectivity index (χ1v) is 8.04. The molecule has 0 saturated carbocycles. The summed E-state index contributed by atoms with van der Waals surface area (Å²) in [7, 11) is 0. The van der Waals surface area contributed by atoms with Crippen LogP contribution in [0.25, 0.3) is 0 Å². The summed E-state index contributed by atoms with van der Waals surface area (Å²) in [5.41, 5.74) is 2.09. The van der Waals surface area contributed by atoms with E-state index in [1.54, 1.807) is 21.6 Å². The largest absolute Gasteiger partial charge is 0.309 e. The van der Waals surface area contributed by atoms with Gasteiger partial charge in [0.15, 0.2) is 5.82 Å². The number of carbonyl (C=O) groups is 1. The lowest BCUT2D eigenvalue weighted by molar-refractivity contribution is -0.116. The summed E-state index contributed by atoms with van der Waals surface area (Å²) in [6, 6.07) is 11.3. The SMILES string of the molecule is Cc1ccnn1CCC(=O)Nc1ccn(Cc2cccc(Cl)c2)n1. The number of hydrogen-bond donors (Lipinski definition) is 1. The first kappa shape index (κ1) is 16.3. The molecule has 0 spiro atoms. The zero-order valence-corrected chi connectivity index (χ0v) is 14.1. The first-order valence-electron chi connectivity index (χ1n) is 7.66. The molecule has 0 atom stereocenters. The number of carbonyl (C=O) groups excluding carboxylic acids is 1. The fourth-order valence-electron chi connectivity index (χ4n) is 2.38. The number of aryl methyl sites for hydroxylation is 2. The minimum Gasteiger partial charge on any atom is -0.309 e. The van der Waals surface area contributed by atoms with E-state index >= 15 is 0 Å². The quantitative estimate of drug-likeness (QED) is 0.748. The Morgan fingerprint density at radius 3 is 2.92 bits per heavy atom. The van der Waals surface area contributed by atoms with Crippen molar-refractivity contribution in [1.82, 2.24) is 19.6 Å². The Bertz CT molecular complexity index is 839. The van der Waals surface area contributed by atoms with Crippen molar-refractivity contribution in [3.8, 4) is 0 Å². The molecule has 6 nitrogen and oxygen atoms in total. The Kier molecular flexibility index (Phi) is 4.96. The van der Waals surface area contributed by atoms with Gasteiger partial charge in [-0.1, -0.05) is 23.7 Å². The first-order chi connectivity index (χ1) is 11.6. The third kappa shape index (κ3) is 4.23. The summed E-state index contributed by atoms with van der Waals surface area (Å²) in [6.07, 6.45) is 3.91. The number of halogens is 1. The van der Waals surface area contributed by atoms with E-state index in [1.807, 2.05) is 43.5 Å². The van der Waals surface area contributed by atoms with Gasteiger partial charge in [0.05, 0.1) is 6.54 Å². The van der Waals surface area contributed by atoms with Gasteiger partial charge in [0, 0.05) is 42.1 Å². The average molecular weight is 344 g/mol. The van der Waals surface area contributed by atoms with Crippen molar-refractivity contribution in [3.05, 3.63) is 65.1 Å². The second-order valence-corrected chi connectivity index (χ2v) is 5.96. The molecule has 0 saturated heterocycles. The molecule has 1 amide bonds. The van der Waals surface area contributed by atoms with E-state index in [2.05, 4.69) is 15.5 Å². The summed E-state index contributed by atoms with van der Waals surface area (Å²) >= 11 is 5.98. The van der Waals surface area contributed by atoms with Crippen molar-refractivity contribution in [3.63, 3.8) is 0 Å². The fraction of sp³-hybridized carbons (Fsp3) is 0.235. The molecule has 0 aliphatic carbocycles. The van der Waals surface area contributed by atoms with Gasteiger partial charge in [0.2, 0.25) is 5.91 Å². The lowest BCUT2D eigenvalue weighted by atomic mass is 10.2. The Morgan fingerprint density at radius 2 is 2.17 bits per heavy atom. The van der Waals surface area contributed by atoms with Crippen LogP contribution >= 0.6 is 11.6 Å². The topological polar surface area (TPSA) is 64.7 Å². The molecule has 0 unspecified atom stereocenters. The molecule has 0 fully saturated rings. The van der Waals surface area contributed by atoms with E-state index < -0.39 is 0 Å². The van der Waals surface area contributed by atoms with E-state index in [9.17, 15) is 4.79 Å². The standard InChI is InChI=1S/C17H18ClN5O/c1-13-5-8-19-23(13)10-7-17(24)20-16-6-9-22(21-16)12-14-3-2-4-15(18)11-14/h2-6,8-9,11H,7,10,12H2,1H3,(H,20,21,24). The number of nitrogens with one attached hydrogen (secondary N) is 1. The molecule has 2 heterocycles. The molecule has 2 aromatic heterocycles. The van der Waals surface area contributed by atoms with E-state index in [4.69, 9.17) is 11.6 Å². The molecule has 1 aromatic carbocycles. The van der Waals surface area contributed by atoms with Crippen molar-refractivity contribution in [2.45, 2.75) is 26.4 Å². The molecule has 7 heteroatoms. The van der Waals surface area contributed by atoms with Gasteiger partial charge in [-0.25, -0.2) is 0 Å². The van der Waals surface area contributed by atoms with E-state index in [0.29, 0.717) is 30.4 Å². The molecular formula is C17H18ClN5O. The second-order valence-electron chi connectivity index (χ2n) is 5.52.